The summed E-state index contributed by atoms with van der Waals surface area (Å²) in [6.45, 7) is 0.293. The summed E-state index contributed by atoms with van der Waals surface area (Å²) in [7, 11) is 3.30. The number of esters is 1. The minimum Gasteiger partial charge on any atom is -0.465 e. The Balaban J connectivity index is 1.47. The van der Waals surface area contributed by atoms with Gasteiger partial charge in [-0.05, 0) is 37.0 Å². The van der Waals surface area contributed by atoms with Crippen LogP contribution in [-0.4, -0.2) is 31.3 Å². The minimum absolute atomic E-state index is 0.132. The zero-order valence-corrected chi connectivity index (χ0v) is 18.4. The molecule has 9 heteroatoms. The molecule has 0 N–H and O–H groups in total. The van der Waals surface area contributed by atoms with Crippen LogP contribution in [0.3, 0.4) is 0 Å². The van der Waals surface area contributed by atoms with Gasteiger partial charge in [-0.2, -0.15) is 0 Å². The highest BCUT2D eigenvalue weighted by Crippen LogP contribution is 2.42. The fourth-order valence-corrected chi connectivity index (χ4v) is 4.60. The predicted octanol–water partition coefficient (Wildman–Crippen LogP) is 2.53. The van der Waals surface area contributed by atoms with Gasteiger partial charge in [0.1, 0.15) is 0 Å². The molecule has 1 aliphatic carbocycles. The van der Waals surface area contributed by atoms with Crippen molar-refractivity contribution in [1.82, 2.24) is 18.7 Å². The Morgan fingerprint density at radius 1 is 1.16 bits per heavy atom. The number of imidazole rings is 1. The molecule has 0 saturated heterocycles. The van der Waals surface area contributed by atoms with Crippen molar-refractivity contribution in [3.8, 4) is 0 Å². The van der Waals surface area contributed by atoms with Crippen LogP contribution in [0.2, 0.25) is 5.02 Å². The Hall–Kier alpha value is -2.87. The Morgan fingerprint density at radius 2 is 1.84 bits per heavy atom. The number of benzene rings is 1. The summed E-state index contributed by atoms with van der Waals surface area (Å²) in [5.41, 5.74) is 0.170. The van der Waals surface area contributed by atoms with E-state index in [9.17, 15) is 14.4 Å². The van der Waals surface area contributed by atoms with Crippen LogP contribution in [0, 0.1) is 0 Å². The van der Waals surface area contributed by atoms with E-state index in [1.54, 1.807) is 30.8 Å². The molecular weight excluding hydrogens is 420 g/mol. The summed E-state index contributed by atoms with van der Waals surface area (Å²) >= 11 is 6.00. The molecule has 31 heavy (non-hydrogen) atoms. The van der Waals surface area contributed by atoms with E-state index in [1.165, 1.54) is 15.5 Å². The molecule has 3 aromatic rings. The van der Waals surface area contributed by atoms with E-state index in [-0.39, 0.29) is 19.1 Å². The zero-order chi connectivity index (χ0) is 22.2. The Labute approximate surface area is 184 Å². The molecule has 164 valence electrons. The van der Waals surface area contributed by atoms with Crippen LogP contribution in [-0.2, 0) is 35.6 Å². The predicted molar refractivity (Wildman–Crippen MR) is 117 cm³/mol. The van der Waals surface area contributed by atoms with Gasteiger partial charge in [-0.3, -0.25) is 18.7 Å². The topological polar surface area (TPSA) is 88.1 Å². The number of aryl methyl sites for hydroxylation is 2. The Kier molecular flexibility index (Phi) is 5.75. The third kappa shape index (κ3) is 3.69. The minimum atomic E-state index is -0.648. The molecule has 0 spiro atoms. The average molecular weight is 445 g/mol. The van der Waals surface area contributed by atoms with Gasteiger partial charge in [-0.25, -0.2) is 9.78 Å². The maximum atomic E-state index is 13.0. The summed E-state index contributed by atoms with van der Waals surface area (Å²) in [5, 5.41) is 0.627. The molecular formula is C22H25ClN4O4. The lowest BCUT2D eigenvalue weighted by Crippen LogP contribution is -2.40. The van der Waals surface area contributed by atoms with E-state index in [4.69, 9.17) is 16.3 Å². The molecule has 2 heterocycles. The molecule has 1 fully saturated rings. The number of carbonyl (C=O) groups excluding carboxylic acids is 1. The van der Waals surface area contributed by atoms with Crippen molar-refractivity contribution < 1.29 is 9.53 Å². The number of nitrogens with zero attached hydrogens (tertiary/aromatic N) is 4. The van der Waals surface area contributed by atoms with Gasteiger partial charge >= 0.3 is 11.7 Å². The van der Waals surface area contributed by atoms with Crippen molar-refractivity contribution in [2.24, 2.45) is 14.1 Å². The fourth-order valence-electron chi connectivity index (χ4n) is 4.48. The van der Waals surface area contributed by atoms with Crippen LogP contribution < -0.4 is 11.2 Å². The second kappa shape index (κ2) is 8.34. The van der Waals surface area contributed by atoms with E-state index in [0.29, 0.717) is 22.6 Å². The van der Waals surface area contributed by atoms with Gasteiger partial charge in [-0.1, -0.05) is 36.6 Å². The summed E-state index contributed by atoms with van der Waals surface area (Å²) in [6.07, 6.45) is 5.29. The first kappa shape index (κ1) is 21.4. The number of fused-ring (bicyclic) bond motifs is 1. The van der Waals surface area contributed by atoms with Gasteiger partial charge in [-0.15, -0.1) is 0 Å². The monoisotopic (exact) mass is 444 g/mol. The normalized spacial score (nSPS) is 15.5. The highest BCUT2D eigenvalue weighted by molar-refractivity contribution is 6.30. The number of hydrogen-bond donors (Lipinski definition) is 0. The van der Waals surface area contributed by atoms with Crippen LogP contribution in [0.25, 0.3) is 11.2 Å². The van der Waals surface area contributed by atoms with Crippen molar-refractivity contribution in [1.29, 1.82) is 0 Å². The molecule has 0 aliphatic heterocycles. The second-order valence-electron chi connectivity index (χ2n) is 8.11. The highest BCUT2D eigenvalue weighted by Gasteiger charge is 2.44. The molecule has 1 saturated carbocycles. The molecule has 4 rings (SSSR count). The van der Waals surface area contributed by atoms with Crippen LogP contribution in [0.1, 0.15) is 37.7 Å². The maximum Gasteiger partial charge on any atom is 0.332 e. The quantitative estimate of drug-likeness (QED) is 0.430. The average Bonchev–Trinajstić information content (AvgIpc) is 3.40. The fraction of sp³-hybridized carbons (Fsp3) is 0.455. The van der Waals surface area contributed by atoms with Crippen LogP contribution in [0.4, 0.5) is 0 Å². The molecule has 1 aliphatic rings. The number of carbonyl (C=O) groups is 1. The third-order valence-electron chi connectivity index (χ3n) is 6.20. The van der Waals surface area contributed by atoms with E-state index in [2.05, 4.69) is 4.98 Å². The first-order valence-corrected chi connectivity index (χ1v) is 10.8. The van der Waals surface area contributed by atoms with Gasteiger partial charge in [0.05, 0.1) is 18.3 Å². The standard InChI is InChI=1S/C22H25ClN4O4/c1-25-14-24-18-17(25)19(28)27(21(30)26(18)2)12-5-13-31-20(29)22(10-3-4-11-22)15-6-8-16(23)9-7-15/h6-9,14H,3-5,10-13H2,1-2H3. The van der Waals surface area contributed by atoms with E-state index >= 15 is 0 Å². The Morgan fingerprint density at radius 3 is 2.52 bits per heavy atom. The van der Waals surface area contributed by atoms with Gasteiger partial charge in [0.25, 0.3) is 5.56 Å². The van der Waals surface area contributed by atoms with Gasteiger partial charge in [0.2, 0.25) is 0 Å². The highest BCUT2D eigenvalue weighted by atomic mass is 35.5. The largest absolute Gasteiger partial charge is 0.465 e. The molecule has 0 unspecified atom stereocenters. The molecule has 1 aromatic carbocycles. The molecule has 0 bridgehead atoms. The summed E-state index contributed by atoms with van der Waals surface area (Å²) in [5.74, 6) is -0.255. The van der Waals surface area contributed by atoms with Crippen LogP contribution >= 0.6 is 11.6 Å². The first-order chi connectivity index (χ1) is 14.8. The van der Waals surface area contributed by atoms with Crippen LogP contribution in [0.5, 0.6) is 0 Å². The molecule has 0 radical (unpaired) electrons. The summed E-state index contributed by atoms with van der Waals surface area (Å²) < 4.78 is 9.76. The number of hydrogen-bond acceptors (Lipinski definition) is 5. The number of halogens is 1. The SMILES string of the molecule is Cn1cnc2c1c(=O)n(CCCOC(=O)C1(c3ccc(Cl)cc3)CCCC1)c(=O)n2C. The lowest BCUT2D eigenvalue weighted by Gasteiger charge is -2.27. The van der Waals surface area contributed by atoms with Crippen LogP contribution in [0.15, 0.2) is 40.2 Å². The lowest BCUT2D eigenvalue weighted by atomic mass is 9.79. The molecule has 0 amide bonds. The van der Waals surface area contributed by atoms with E-state index in [0.717, 1.165) is 31.2 Å². The summed E-state index contributed by atoms with van der Waals surface area (Å²) in [6, 6.07) is 7.37. The van der Waals surface area contributed by atoms with E-state index < -0.39 is 16.7 Å². The van der Waals surface area contributed by atoms with Crippen molar-refractivity contribution in [2.45, 2.75) is 44.1 Å². The lowest BCUT2D eigenvalue weighted by molar-refractivity contribution is -0.150. The molecule has 8 nitrogen and oxygen atoms in total. The Bertz CT molecular complexity index is 1230. The van der Waals surface area contributed by atoms with Gasteiger partial charge in [0.15, 0.2) is 11.2 Å². The number of rotatable bonds is 6. The summed E-state index contributed by atoms with van der Waals surface area (Å²) in [4.78, 5) is 42.5. The van der Waals surface area contributed by atoms with Crippen molar-refractivity contribution in [2.75, 3.05) is 6.61 Å². The van der Waals surface area contributed by atoms with Gasteiger partial charge < -0.3 is 9.30 Å². The first-order valence-electron chi connectivity index (χ1n) is 10.4. The second-order valence-corrected chi connectivity index (χ2v) is 8.55. The number of aromatic nitrogens is 4. The maximum absolute atomic E-state index is 13.0. The number of ether oxygens (including phenoxy) is 1. The van der Waals surface area contributed by atoms with Crippen molar-refractivity contribution >= 4 is 28.7 Å². The van der Waals surface area contributed by atoms with Gasteiger partial charge in [0, 0.05) is 25.7 Å². The van der Waals surface area contributed by atoms with E-state index in [1.807, 2.05) is 12.1 Å². The van der Waals surface area contributed by atoms with Crippen molar-refractivity contribution in [3.63, 3.8) is 0 Å². The zero-order valence-electron chi connectivity index (χ0n) is 17.6. The van der Waals surface area contributed by atoms with Crippen molar-refractivity contribution in [3.05, 3.63) is 62.0 Å². The molecule has 0 atom stereocenters. The third-order valence-corrected chi connectivity index (χ3v) is 6.46. The smallest absolute Gasteiger partial charge is 0.332 e. The molecule has 2 aromatic heterocycles.